The van der Waals surface area contributed by atoms with Crippen molar-refractivity contribution >= 4 is 23.2 Å². The van der Waals surface area contributed by atoms with E-state index in [1.54, 1.807) is 19.2 Å². The number of nitrogens with one attached hydrogen (secondary N) is 1. The topological polar surface area (TPSA) is 41.6 Å². The number of likely N-dealkylation sites (N-methyl/N-ethyl adjacent to an activating group) is 1. The van der Waals surface area contributed by atoms with Gasteiger partial charge >= 0.3 is 0 Å². The Morgan fingerprint density at radius 2 is 2.00 bits per heavy atom. The summed E-state index contributed by atoms with van der Waals surface area (Å²) in [5.41, 5.74) is 2.84. The van der Waals surface area contributed by atoms with Crippen molar-refractivity contribution in [3.8, 4) is 5.75 Å². The molecule has 0 radical (unpaired) electrons. The molecule has 0 aliphatic carbocycles. The predicted molar refractivity (Wildman–Crippen MR) is 94.1 cm³/mol. The maximum Gasteiger partial charge on any atom is 0.238 e. The summed E-state index contributed by atoms with van der Waals surface area (Å²) in [5, 5.41) is 3.35. The molecule has 0 aromatic heterocycles. The van der Waals surface area contributed by atoms with Crippen molar-refractivity contribution in [1.82, 2.24) is 4.90 Å². The Labute approximate surface area is 142 Å². The van der Waals surface area contributed by atoms with Crippen LogP contribution in [0.4, 0.5) is 5.69 Å². The third kappa shape index (κ3) is 4.98. The number of para-hydroxylation sites is 1. The van der Waals surface area contributed by atoms with Crippen molar-refractivity contribution in [1.29, 1.82) is 0 Å². The molecule has 0 spiro atoms. The van der Waals surface area contributed by atoms with Crippen molar-refractivity contribution in [3.63, 3.8) is 0 Å². The lowest BCUT2D eigenvalue weighted by Gasteiger charge is -2.18. The lowest BCUT2D eigenvalue weighted by Crippen LogP contribution is -2.30. The van der Waals surface area contributed by atoms with E-state index in [0.29, 0.717) is 17.3 Å². The Kier molecular flexibility index (Phi) is 6.02. The van der Waals surface area contributed by atoms with Gasteiger partial charge in [-0.1, -0.05) is 41.4 Å². The summed E-state index contributed by atoms with van der Waals surface area (Å²) < 4.78 is 5.37. The van der Waals surface area contributed by atoms with Crippen LogP contribution in [0.2, 0.25) is 5.02 Å². The molecule has 2 rings (SSSR count). The van der Waals surface area contributed by atoms with E-state index in [4.69, 9.17) is 16.3 Å². The van der Waals surface area contributed by atoms with Crippen molar-refractivity contribution < 1.29 is 9.53 Å². The third-order valence-corrected chi connectivity index (χ3v) is 3.77. The highest BCUT2D eigenvalue weighted by atomic mass is 35.5. The summed E-state index contributed by atoms with van der Waals surface area (Å²) in [6, 6.07) is 13.2. The number of nitrogens with zero attached hydrogens (tertiary/aromatic N) is 1. The molecule has 0 aliphatic rings. The third-order valence-electron chi connectivity index (χ3n) is 3.44. The molecule has 5 heteroatoms. The van der Waals surface area contributed by atoms with Gasteiger partial charge in [-0.05, 0) is 32.2 Å². The molecule has 0 aliphatic heterocycles. The van der Waals surface area contributed by atoms with Crippen LogP contribution >= 0.6 is 11.6 Å². The molecule has 4 nitrogen and oxygen atoms in total. The maximum absolute atomic E-state index is 12.1. The van der Waals surface area contributed by atoms with E-state index in [2.05, 4.69) is 11.4 Å². The zero-order valence-corrected chi connectivity index (χ0v) is 14.4. The second-order valence-electron chi connectivity index (χ2n) is 5.52. The summed E-state index contributed by atoms with van der Waals surface area (Å²) in [6.07, 6.45) is 0. The molecule has 0 saturated carbocycles. The van der Waals surface area contributed by atoms with Gasteiger partial charge in [-0.3, -0.25) is 9.69 Å². The largest absolute Gasteiger partial charge is 0.496 e. The average molecular weight is 333 g/mol. The van der Waals surface area contributed by atoms with Gasteiger partial charge in [0.2, 0.25) is 5.91 Å². The Balaban J connectivity index is 1.97. The first kappa shape index (κ1) is 17.3. The molecule has 23 heavy (non-hydrogen) atoms. The minimum Gasteiger partial charge on any atom is -0.496 e. The monoisotopic (exact) mass is 332 g/mol. The van der Waals surface area contributed by atoms with E-state index in [-0.39, 0.29) is 12.5 Å². The molecule has 122 valence electrons. The SMILES string of the molecule is COc1ccc(C)cc1CN(C)CC(=O)Nc1ccccc1Cl. The second-order valence-corrected chi connectivity index (χ2v) is 5.92. The van der Waals surface area contributed by atoms with Crippen LogP contribution in [0.15, 0.2) is 42.5 Å². The number of carbonyl (C=O) groups excluding carboxylic acids is 1. The number of halogens is 1. The van der Waals surface area contributed by atoms with Crippen LogP contribution < -0.4 is 10.1 Å². The predicted octanol–water partition coefficient (Wildman–Crippen LogP) is 3.73. The lowest BCUT2D eigenvalue weighted by atomic mass is 10.1. The summed E-state index contributed by atoms with van der Waals surface area (Å²) in [7, 11) is 3.55. The number of rotatable bonds is 6. The number of methoxy groups -OCH3 is 1. The smallest absolute Gasteiger partial charge is 0.238 e. The fraction of sp³-hybridized carbons (Fsp3) is 0.278. The first-order chi connectivity index (χ1) is 11.0. The minimum atomic E-state index is -0.104. The fourth-order valence-corrected chi connectivity index (χ4v) is 2.56. The Bertz CT molecular complexity index is 688. The molecular formula is C18H21ClN2O2. The quantitative estimate of drug-likeness (QED) is 0.876. The van der Waals surface area contributed by atoms with Crippen LogP contribution in [0.3, 0.4) is 0 Å². The van der Waals surface area contributed by atoms with Gasteiger partial charge in [0.05, 0.1) is 24.4 Å². The van der Waals surface area contributed by atoms with Gasteiger partial charge in [-0.2, -0.15) is 0 Å². The van der Waals surface area contributed by atoms with E-state index >= 15 is 0 Å². The first-order valence-corrected chi connectivity index (χ1v) is 7.74. The van der Waals surface area contributed by atoms with Gasteiger partial charge in [0.1, 0.15) is 5.75 Å². The summed E-state index contributed by atoms with van der Waals surface area (Å²) in [5.74, 6) is 0.723. The van der Waals surface area contributed by atoms with Crippen LogP contribution in [0.25, 0.3) is 0 Å². The highest BCUT2D eigenvalue weighted by molar-refractivity contribution is 6.33. The second kappa shape index (κ2) is 7.99. The summed E-state index contributed by atoms with van der Waals surface area (Å²) in [6.45, 7) is 2.93. The van der Waals surface area contributed by atoms with Gasteiger partial charge in [0, 0.05) is 12.1 Å². The van der Waals surface area contributed by atoms with Gasteiger partial charge in [0.25, 0.3) is 0 Å². The van der Waals surface area contributed by atoms with Crippen molar-refractivity contribution in [2.75, 3.05) is 26.0 Å². The Morgan fingerprint density at radius 1 is 1.26 bits per heavy atom. The van der Waals surface area contributed by atoms with Gasteiger partial charge in [-0.25, -0.2) is 0 Å². The molecule has 2 aromatic rings. The van der Waals surface area contributed by atoms with E-state index in [1.165, 1.54) is 0 Å². The minimum absolute atomic E-state index is 0.104. The van der Waals surface area contributed by atoms with E-state index in [1.807, 2.05) is 43.1 Å². The van der Waals surface area contributed by atoms with E-state index in [0.717, 1.165) is 16.9 Å². The number of hydrogen-bond donors (Lipinski definition) is 1. The average Bonchev–Trinajstić information content (AvgIpc) is 2.49. The van der Waals surface area contributed by atoms with Crippen molar-refractivity contribution in [2.45, 2.75) is 13.5 Å². The molecular weight excluding hydrogens is 312 g/mol. The molecule has 0 unspecified atom stereocenters. The summed E-state index contributed by atoms with van der Waals surface area (Å²) >= 11 is 6.05. The molecule has 0 heterocycles. The van der Waals surface area contributed by atoms with Crippen LogP contribution in [0.5, 0.6) is 5.75 Å². The first-order valence-electron chi connectivity index (χ1n) is 7.36. The molecule has 0 fully saturated rings. The van der Waals surface area contributed by atoms with E-state index < -0.39 is 0 Å². The highest BCUT2D eigenvalue weighted by Gasteiger charge is 2.11. The number of hydrogen-bond acceptors (Lipinski definition) is 3. The lowest BCUT2D eigenvalue weighted by molar-refractivity contribution is -0.117. The van der Waals surface area contributed by atoms with Crippen LogP contribution in [0, 0.1) is 6.92 Å². The zero-order chi connectivity index (χ0) is 16.8. The molecule has 0 bridgehead atoms. The van der Waals surface area contributed by atoms with Crippen LogP contribution in [-0.4, -0.2) is 31.5 Å². The van der Waals surface area contributed by atoms with Crippen LogP contribution in [-0.2, 0) is 11.3 Å². The van der Waals surface area contributed by atoms with Crippen molar-refractivity contribution in [3.05, 3.63) is 58.6 Å². The molecule has 0 saturated heterocycles. The number of amides is 1. The van der Waals surface area contributed by atoms with Gasteiger partial charge in [0.15, 0.2) is 0 Å². The molecule has 1 N–H and O–H groups in total. The van der Waals surface area contributed by atoms with Crippen LogP contribution in [0.1, 0.15) is 11.1 Å². The number of aryl methyl sites for hydroxylation is 1. The van der Waals surface area contributed by atoms with Crippen molar-refractivity contribution in [2.24, 2.45) is 0 Å². The molecule has 0 atom stereocenters. The Hall–Kier alpha value is -2.04. The Morgan fingerprint density at radius 3 is 2.70 bits per heavy atom. The van der Waals surface area contributed by atoms with Gasteiger partial charge < -0.3 is 10.1 Å². The number of anilines is 1. The normalized spacial score (nSPS) is 10.7. The number of benzene rings is 2. The maximum atomic E-state index is 12.1. The zero-order valence-electron chi connectivity index (χ0n) is 13.6. The highest BCUT2D eigenvalue weighted by Crippen LogP contribution is 2.22. The van der Waals surface area contributed by atoms with Gasteiger partial charge in [-0.15, -0.1) is 0 Å². The molecule has 2 aromatic carbocycles. The standard InChI is InChI=1S/C18H21ClN2O2/c1-13-8-9-17(23-3)14(10-13)11-21(2)12-18(22)20-16-7-5-4-6-15(16)19/h4-10H,11-12H2,1-3H3,(H,20,22). The van der Waals surface area contributed by atoms with E-state index in [9.17, 15) is 4.79 Å². The molecule has 1 amide bonds. The summed E-state index contributed by atoms with van der Waals surface area (Å²) in [4.78, 5) is 14.1. The number of ether oxygens (including phenoxy) is 1. The number of carbonyl (C=O) groups is 1. The fourth-order valence-electron chi connectivity index (χ4n) is 2.38.